The third-order valence-electron chi connectivity index (χ3n) is 4.62. The minimum Gasteiger partial charge on any atom is -0.328 e. The van der Waals surface area contributed by atoms with E-state index in [1.165, 1.54) is 51.4 Å². The molecule has 0 saturated heterocycles. The van der Waals surface area contributed by atoms with Crippen LogP contribution in [0.2, 0.25) is 0 Å². The van der Waals surface area contributed by atoms with Gasteiger partial charge in [-0.25, -0.2) is 0 Å². The van der Waals surface area contributed by atoms with Crippen molar-refractivity contribution in [1.29, 1.82) is 0 Å². The van der Waals surface area contributed by atoms with Crippen LogP contribution in [0, 0.1) is 0 Å². The monoisotopic (exact) mass is 229 g/mol. The van der Waals surface area contributed by atoms with E-state index in [1.807, 2.05) is 0 Å². The first-order valence-electron chi connectivity index (χ1n) is 7.20. The van der Waals surface area contributed by atoms with E-state index >= 15 is 0 Å². The lowest BCUT2D eigenvalue weighted by atomic mass is 9.80. The predicted octanol–water partition coefficient (Wildman–Crippen LogP) is 3.55. The largest absolute Gasteiger partial charge is 0.328 e. The van der Waals surface area contributed by atoms with Crippen molar-refractivity contribution < 1.29 is 0 Å². The summed E-state index contributed by atoms with van der Waals surface area (Å²) in [5, 5.41) is 0. The van der Waals surface area contributed by atoms with E-state index in [9.17, 15) is 0 Å². The number of rotatable bonds is 1. The Labute approximate surface area is 104 Å². The standard InChI is InChI=1S/C16H23N/c17-16-9-7-13(8-10-16)15-6-5-12-3-1-2-4-14(12)11-15/h5-6,11,13,16H,1-4,7-10,17H2. The van der Waals surface area contributed by atoms with Gasteiger partial charge in [-0.3, -0.25) is 0 Å². The van der Waals surface area contributed by atoms with E-state index in [1.54, 1.807) is 16.7 Å². The first-order valence-corrected chi connectivity index (χ1v) is 7.20. The lowest BCUT2D eigenvalue weighted by Crippen LogP contribution is -2.25. The molecule has 1 aromatic carbocycles. The van der Waals surface area contributed by atoms with Gasteiger partial charge in [0.2, 0.25) is 0 Å². The molecule has 3 rings (SSSR count). The van der Waals surface area contributed by atoms with Crippen molar-refractivity contribution in [2.75, 3.05) is 0 Å². The summed E-state index contributed by atoms with van der Waals surface area (Å²) in [6.07, 6.45) is 10.4. The number of hydrogen-bond donors (Lipinski definition) is 1. The first-order chi connectivity index (χ1) is 8.33. The highest BCUT2D eigenvalue weighted by Gasteiger charge is 2.21. The van der Waals surface area contributed by atoms with E-state index in [0.717, 1.165) is 5.92 Å². The molecule has 1 aromatic rings. The summed E-state index contributed by atoms with van der Waals surface area (Å²) in [6, 6.07) is 7.73. The van der Waals surface area contributed by atoms with Gasteiger partial charge in [-0.2, -0.15) is 0 Å². The Balaban J connectivity index is 1.79. The number of nitrogens with two attached hydrogens (primary N) is 1. The minimum atomic E-state index is 0.462. The maximum atomic E-state index is 5.99. The third-order valence-corrected chi connectivity index (χ3v) is 4.62. The maximum absolute atomic E-state index is 5.99. The lowest BCUT2D eigenvalue weighted by molar-refractivity contribution is 0.395. The Kier molecular flexibility index (Phi) is 3.19. The van der Waals surface area contributed by atoms with E-state index in [4.69, 9.17) is 5.73 Å². The number of benzene rings is 1. The van der Waals surface area contributed by atoms with Crippen LogP contribution in [0.3, 0.4) is 0 Å². The van der Waals surface area contributed by atoms with Gasteiger partial charge < -0.3 is 5.73 Å². The normalized spacial score (nSPS) is 28.8. The zero-order valence-electron chi connectivity index (χ0n) is 10.6. The average Bonchev–Trinajstić information content (AvgIpc) is 2.39. The molecule has 0 heterocycles. The van der Waals surface area contributed by atoms with Crippen LogP contribution < -0.4 is 5.73 Å². The molecule has 1 fully saturated rings. The molecular formula is C16H23N. The molecule has 0 bridgehead atoms. The summed E-state index contributed by atoms with van der Waals surface area (Å²) in [7, 11) is 0. The van der Waals surface area contributed by atoms with Crippen molar-refractivity contribution >= 4 is 0 Å². The van der Waals surface area contributed by atoms with Crippen LogP contribution >= 0.6 is 0 Å². The summed E-state index contributed by atoms with van der Waals surface area (Å²) >= 11 is 0. The molecule has 17 heavy (non-hydrogen) atoms. The van der Waals surface area contributed by atoms with Crippen LogP contribution in [0.25, 0.3) is 0 Å². The molecule has 1 heteroatoms. The zero-order chi connectivity index (χ0) is 11.7. The Morgan fingerprint density at radius 1 is 0.882 bits per heavy atom. The van der Waals surface area contributed by atoms with Crippen LogP contribution in [0.5, 0.6) is 0 Å². The molecule has 0 spiro atoms. The fourth-order valence-corrected chi connectivity index (χ4v) is 3.46. The van der Waals surface area contributed by atoms with Gasteiger partial charge in [-0.05, 0) is 74.0 Å². The second-order valence-corrected chi connectivity index (χ2v) is 5.85. The molecule has 0 radical (unpaired) electrons. The van der Waals surface area contributed by atoms with E-state index in [2.05, 4.69) is 18.2 Å². The Hall–Kier alpha value is -0.820. The van der Waals surface area contributed by atoms with E-state index < -0.39 is 0 Å². The van der Waals surface area contributed by atoms with Crippen molar-refractivity contribution in [1.82, 2.24) is 0 Å². The molecule has 1 nitrogen and oxygen atoms in total. The molecular weight excluding hydrogens is 206 g/mol. The molecule has 2 aliphatic carbocycles. The topological polar surface area (TPSA) is 26.0 Å². The van der Waals surface area contributed by atoms with Gasteiger partial charge in [-0.15, -0.1) is 0 Å². The molecule has 1 saturated carbocycles. The molecule has 2 aliphatic rings. The fourth-order valence-electron chi connectivity index (χ4n) is 3.46. The van der Waals surface area contributed by atoms with Gasteiger partial charge in [0.15, 0.2) is 0 Å². The molecule has 0 aromatic heterocycles. The van der Waals surface area contributed by atoms with E-state index in [-0.39, 0.29) is 0 Å². The van der Waals surface area contributed by atoms with Crippen molar-refractivity contribution in [3.8, 4) is 0 Å². The molecule has 0 unspecified atom stereocenters. The smallest absolute Gasteiger partial charge is 0.00392 e. The number of fused-ring (bicyclic) bond motifs is 1. The maximum Gasteiger partial charge on any atom is 0.00392 e. The molecule has 92 valence electrons. The van der Waals surface area contributed by atoms with Gasteiger partial charge in [0.1, 0.15) is 0 Å². The Morgan fingerprint density at radius 3 is 2.35 bits per heavy atom. The molecule has 0 aliphatic heterocycles. The Morgan fingerprint density at radius 2 is 1.59 bits per heavy atom. The van der Waals surface area contributed by atoms with Gasteiger partial charge in [0.25, 0.3) is 0 Å². The average molecular weight is 229 g/mol. The van der Waals surface area contributed by atoms with Gasteiger partial charge >= 0.3 is 0 Å². The summed E-state index contributed by atoms with van der Waals surface area (Å²) in [5.41, 5.74) is 10.8. The fraction of sp³-hybridized carbons (Fsp3) is 0.625. The van der Waals surface area contributed by atoms with Crippen molar-refractivity contribution in [3.05, 3.63) is 34.9 Å². The highest BCUT2D eigenvalue weighted by Crippen LogP contribution is 2.34. The minimum absolute atomic E-state index is 0.462. The van der Waals surface area contributed by atoms with Gasteiger partial charge in [0.05, 0.1) is 0 Å². The van der Waals surface area contributed by atoms with Crippen LogP contribution in [0.1, 0.15) is 61.1 Å². The second-order valence-electron chi connectivity index (χ2n) is 5.85. The summed E-state index contributed by atoms with van der Waals surface area (Å²) in [5.74, 6) is 0.780. The number of hydrogen-bond acceptors (Lipinski definition) is 1. The highest BCUT2D eigenvalue weighted by molar-refractivity contribution is 5.35. The summed E-state index contributed by atoms with van der Waals surface area (Å²) in [4.78, 5) is 0. The van der Waals surface area contributed by atoms with Crippen molar-refractivity contribution in [3.63, 3.8) is 0 Å². The van der Waals surface area contributed by atoms with Crippen molar-refractivity contribution in [2.45, 2.75) is 63.3 Å². The van der Waals surface area contributed by atoms with Crippen molar-refractivity contribution in [2.24, 2.45) is 5.73 Å². The second kappa shape index (κ2) is 4.81. The summed E-state index contributed by atoms with van der Waals surface area (Å²) < 4.78 is 0. The molecule has 0 atom stereocenters. The lowest BCUT2D eigenvalue weighted by Gasteiger charge is -2.27. The first kappa shape index (κ1) is 11.3. The van der Waals surface area contributed by atoms with E-state index in [0.29, 0.717) is 6.04 Å². The van der Waals surface area contributed by atoms with Gasteiger partial charge in [0, 0.05) is 6.04 Å². The molecule has 0 amide bonds. The third kappa shape index (κ3) is 2.40. The van der Waals surface area contributed by atoms with Gasteiger partial charge in [-0.1, -0.05) is 18.2 Å². The number of aryl methyl sites for hydroxylation is 2. The summed E-state index contributed by atoms with van der Waals surface area (Å²) in [6.45, 7) is 0. The molecule has 2 N–H and O–H groups in total. The SMILES string of the molecule is NC1CCC(c2ccc3c(c2)CCCC3)CC1. The van der Waals surface area contributed by atoms with Crippen LogP contribution in [-0.2, 0) is 12.8 Å². The van der Waals surface area contributed by atoms with Crippen LogP contribution in [0.15, 0.2) is 18.2 Å². The van der Waals surface area contributed by atoms with Crippen LogP contribution in [0.4, 0.5) is 0 Å². The quantitative estimate of drug-likeness (QED) is 0.783. The van der Waals surface area contributed by atoms with Crippen LogP contribution in [-0.4, -0.2) is 6.04 Å². The highest BCUT2D eigenvalue weighted by atomic mass is 14.6. The zero-order valence-corrected chi connectivity index (χ0v) is 10.6. The predicted molar refractivity (Wildman–Crippen MR) is 72.3 cm³/mol. The Bertz CT molecular complexity index is 389.